The first-order chi connectivity index (χ1) is 27.0. The maximum Gasteiger partial charge on any atom is 0.299 e. The van der Waals surface area contributed by atoms with Crippen LogP contribution in [0.4, 0.5) is 8.78 Å². The minimum atomic E-state index is -3.20. The molecule has 9 aromatic rings. The summed E-state index contributed by atoms with van der Waals surface area (Å²) in [5.74, 6) is -2.67. The van der Waals surface area contributed by atoms with Crippen molar-refractivity contribution in [2.75, 3.05) is 0 Å². The Morgan fingerprint density at radius 2 is 0.945 bits per heavy atom. The first-order valence-corrected chi connectivity index (χ1v) is 18.1. The topological polar surface area (TPSA) is 51.6 Å². The van der Waals surface area contributed by atoms with E-state index in [2.05, 4.69) is 17.1 Å². The highest BCUT2D eigenvalue weighted by molar-refractivity contribution is 5.97. The molecule has 6 heteroatoms. The monoisotopic (exact) mass is 712 g/mol. The average molecular weight is 713 g/mol. The number of pyridine rings is 2. The zero-order chi connectivity index (χ0) is 36.9. The van der Waals surface area contributed by atoms with Crippen LogP contribution in [0.5, 0.6) is 0 Å². The summed E-state index contributed by atoms with van der Waals surface area (Å²) in [5.41, 5.74) is 10.8. The lowest BCUT2D eigenvalue weighted by atomic mass is 9.95. The van der Waals surface area contributed by atoms with E-state index in [9.17, 15) is 0 Å². The van der Waals surface area contributed by atoms with Gasteiger partial charge in [0.2, 0.25) is 0 Å². The third-order valence-corrected chi connectivity index (χ3v) is 10.3. The maximum absolute atomic E-state index is 16.6. The first kappa shape index (κ1) is 32.5. The van der Waals surface area contributed by atoms with Gasteiger partial charge in [-0.3, -0.25) is 4.98 Å². The van der Waals surface area contributed by atoms with Crippen LogP contribution in [0.25, 0.3) is 89.6 Å². The van der Waals surface area contributed by atoms with E-state index in [0.29, 0.717) is 28.2 Å². The van der Waals surface area contributed by atoms with Crippen molar-refractivity contribution in [3.05, 3.63) is 193 Å². The molecule has 0 spiro atoms. The van der Waals surface area contributed by atoms with Crippen LogP contribution in [0.15, 0.2) is 182 Å². The van der Waals surface area contributed by atoms with Gasteiger partial charge in [0.15, 0.2) is 5.82 Å². The van der Waals surface area contributed by atoms with E-state index in [1.165, 1.54) is 0 Å². The third kappa shape index (κ3) is 5.76. The Hall–Kier alpha value is -7.18. The highest BCUT2D eigenvalue weighted by atomic mass is 19.3. The Labute approximate surface area is 316 Å². The lowest BCUT2D eigenvalue weighted by Crippen LogP contribution is -2.11. The van der Waals surface area contributed by atoms with Gasteiger partial charge < -0.3 is 0 Å². The number of halogens is 2. The van der Waals surface area contributed by atoms with Crippen molar-refractivity contribution in [3.63, 3.8) is 0 Å². The summed E-state index contributed by atoms with van der Waals surface area (Å²) in [6.45, 7) is 0. The summed E-state index contributed by atoms with van der Waals surface area (Å²) in [6, 6.07) is 56.1. The summed E-state index contributed by atoms with van der Waals surface area (Å²) < 4.78 is 33.2. The highest BCUT2D eigenvalue weighted by Crippen LogP contribution is 2.53. The van der Waals surface area contributed by atoms with Crippen molar-refractivity contribution < 1.29 is 8.78 Å². The zero-order valence-electron chi connectivity index (χ0n) is 29.4. The second-order valence-corrected chi connectivity index (χ2v) is 13.7. The molecule has 6 aromatic carbocycles. The summed E-state index contributed by atoms with van der Waals surface area (Å²) in [4.78, 5) is 19.1. The Morgan fingerprint density at radius 1 is 0.364 bits per heavy atom. The van der Waals surface area contributed by atoms with Crippen molar-refractivity contribution in [1.82, 2.24) is 19.9 Å². The largest absolute Gasteiger partial charge is 0.299 e. The van der Waals surface area contributed by atoms with E-state index >= 15 is 8.78 Å². The van der Waals surface area contributed by atoms with Crippen molar-refractivity contribution >= 4 is 10.9 Å². The van der Waals surface area contributed by atoms with Gasteiger partial charge in [0, 0.05) is 39.4 Å². The van der Waals surface area contributed by atoms with Gasteiger partial charge in [-0.2, -0.15) is 8.78 Å². The summed E-state index contributed by atoms with van der Waals surface area (Å²) in [7, 11) is 0. The highest BCUT2D eigenvalue weighted by Gasteiger charge is 2.44. The molecule has 0 bridgehead atoms. The van der Waals surface area contributed by atoms with E-state index in [0.717, 1.165) is 61.4 Å². The number of aromatic nitrogens is 4. The molecule has 260 valence electrons. The fraction of sp³-hybridized carbons (Fsp3) is 0.0204. The van der Waals surface area contributed by atoms with Crippen LogP contribution in [0.3, 0.4) is 0 Å². The predicted molar refractivity (Wildman–Crippen MR) is 216 cm³/mol. The number of benzene rings is 6. The molecular formula is C49H30F2N4. The van der Waals surface area contributed by atoms with E-state index in [-0.39, 0.29) is 11.1 Å². The van der Waals surface area contributed by atoms with Gasteiger partial charge in [0.25, 0.3) is 5.92 Å². The molecule has 10 rings (SSSR count). The molecule has 4 nitrogen and oxygen atoms in total. The summed E-state index contributed by atoms with van der Waals surface area (Å²) in [6.07, 6.45) is 1.76. The smallest absolute Gasteiger partial charge is 0.255 e. The lowest BCUT2D eigenvalue weighted by Gasteiger charge is -2.15. The van der Waals surface area contributed by atoms with E-state index < -0.39 is 5.92 Å². The second kappa shape index (κ2) is 13.0. The average Bonchev–Trinajstić information content (AvgIpc) is 3.48. The minimum Gasteiger partial charge on any atom is -0.255 e. The van der Waals surface area contributed by atoms with Crippen LogP contribution in [0, 0.1) is 0 Å². The number of hydrogen-bond donors (Lipinski definition) is 0. The number of rotatable bonds is 6. The molecule has 0 amide bonds. The van der Waals surface area contributed by atoms with Crippen LogP contribution in [0.2, 0.25) is 0 Å². The standard InChI is InChI=1S/C49H30F2N4/c50-49(51)41-27-35(31-18-20-32(21-19-31)40-29-47(44-17-9-10-26-52-44)53-43-16-8-7-15-39(40)43)22-24-37(41)38-25-23-36(28-42(38)49)46-30-45(33-11-3-1-4-12-33)54-48(55-46)34-13-5-2-6-14-34/h1-30H. The van der Waals surface area contributed by atoms with Crippen LogP contribution in [-0.2, 0) is 5.92 Å². The molecule has 0 aliphatic heterocycles. The van der Waals surface area contributed by atoms with Crippen molar-refractivity contribution in [1.29, 1.82) is 0 Å². The number of hydrogen-bond acceptors (Lipinski definition) is 4. The van der Waals surface area contributed by atoms with E-state index in [1.807, 2.05) is 146 Å². The van der Waals surface area contributed by atoms with E-state index in [1.54, 1.807) is 24.4 Å². The molecule has 0 unspecified atom stereocenters. The quantitative estimate of drug-likeness (QED) is 0.172. The fourth-order valence-electron chi connectivity index (χ4n) is 7.53. The molecule has 3 aromatic heterocycles. The van der Waals surface area contributed by atoms with Crippen molar-refractivity contribution in [2.24, 2.45) is 0 Å². The van der Waals surface area contributed by atoms with Gasteiger partial charge in [-0.25, -0.2) is 15.0 Å². The van der Waals surface area contributed by atoms with Crippen LogP contribution < -0.4 is 0 Å². The van der Waals surface area contributed by atoms with Crippen LogP contribution >= 0.6 is 0 Å². The summed E-state index contributed by atoms with van der Waals surface area (Å²) in [5, 5.41) is 1.03. The van der Waals surface area contributed by atoms with Crippen molar-refractivity contribution in [2.45, 2.75) is 5.92 Å². The minimum absolute atomic E-state index is 0.000932. The van der Waals surface area contributed by atoms with Gasteiger partial charge >= 0.3 is 0 Å². The molecule has 3 heterocycles. The number of alkyl halides is 2. The molecule has 1 aliphatic carbocycles. The molecule has 0 radical (unpaired) electrons. The van der Waals surface area contributed by atoms with Crippen LogP contribution in [-0.4, -0.2) is 19.9 Å². The van der Waals surface area contributed by atoms with E-state index in [4.69, 9.17) is 15.0 Å². The molecule has 0 saturated carbocycles. The maximum atomic E-state index is 16.6. The Balaban J connectivity index is 1.000. The van der Waals surface area contributed by atoms with Gasteiger partial charge in [0.05, 0.1) is 28.3 Å². The molecule has 0 atom stereocenters. The third-order valence-electron chi connectivity index (χ3n) is 10.3. The molecule has 0 N–H and O–H groups in total. The Kier molecular flexibility index (Phi) is 7.70. The Bertz CT molecular complexity index is 2820. The zero-order valence-corrected chi connectivity index (χ0v) is 29.4. The first-order valence-electron chi connectivity index (χ1n) is 18.1. The van der Waals surface area contributed by atoms with Gasteiger partial charge in [0.1, 0.15) is 0 Å². The molecule has 0 saturated heterocycles. The fourth-order valence-corrected chi connectivity index (χ4v) is 7.53. The Morgan fingerprint density at radius 3 is 1.65 bits per heavy atom. The van der Waals surface area contributed by atoms with Crippen molar-refractivity contribution in [3.8, 4) is 78.7 Å². The van der Waals surface area contributed by atoms with Gasteiger partial charge in [-0.05, 0) is 75.8 Å². The molecule has 0 fully saturated rings. The van der Waals surface area contributed by atoms with Crippen LogP contribution in [0.1, 0.15) is 11.1 Å². The number of fused-ring (bicyclic) bond motifs is 4. The SMILES string of the molecule is FC1(F)c2cc(-c3ccc(-c4cc(-c5ccccn5)nc5ccccc45)cc3)ccc2-c2ccc(-c3cc(-c4ccccc4)nc(-c4ccccc4)n3)cc21. The molecular weight excluding hydrogens is 683 g/mol. The summed E-state index contributed by atoms with van der Waals surface area (Å²) >= 11 is 0. The normalized spacial score (nSPS) is 12.7. The molecule has 55 heavy (non-hydrogen) atoms. The predicted octanol–water partition coefficient (Wildman–Crippen LogP) is 12.5. The van der Waals surface area contributed by atoms with Gasteiger partial charge in [-0.1, -0.05) is 133 Å². The lowest BCUT2D eigenvalue weighted by molar-refractivity contribution is 0.0481. The second-order valence-electron chi connectivity index (χ2n) is 13.7. The number of para-hydroxylation sites is 1. The molecule has 1 aliphatic rings. The number of nitrogens with zero attached hydrogens (tertiary/aromatic N) is 4. The van der Waals surface area contributed by atoms with Gasteiger partial charge in [-0.15, -0.1) is 0 Å².